The van der Waals surface area contributed by atoms with Gasteiger partial charge in [-0.1, -0.05) is 6.42 Å². The van der Waals surface area contributed by atoms with Crippen LogP contribution in [0.5, 0.6) is 0 Å². The van der Waals surface area contributed by atoms with E-state index in [0.29, 0.717) is 13.1 Å². The molecule has 2 aliphatic heterocycles. The SMILES string of the molecule is CC(C)S(=O)(=O)N1Cc2ccnn2[C@H](CN2CCCCC2)C1. The molecule has 1 fully saturated rings. The lowest BCUT2D eigenvalue weighted by Gasteiger charge is -2.37. The Morgan fingerprint density at radius 1 is 1.27 bits per heavy atom. The Hall–Kier alpha value is -0.920. The van der Waals surface area contributed by atoms with Crippen LogP contribution < -0.4 is 0 Å². The second-order valence-corrected chi connectivity index (χ2v) is 9.16. The summed E-state index contributed by atoms with van der Waals surface area (Å²) in [5.41, 5.74) is 0.998. The van der Waals surface area contributed by atoms with Gasteiger partial charge in [0.15, 0.2) is 0 Å². The molecule has 0 aromatic carbocycles. The fourth-order valence-corrected chi connectivity index (χ4v) is 4.71. The molecule has 0 spiro atoms. The third kappa shape index (κ3) is 3.07. The first-order chi connectivity index (χ1) is 10.5. The number of rotatable bonds is 4. The van der Waals surface area contributed by atoms with Crippen LogP contribution in [0.1, 0.15) is 44.8 Å². The molecule has 22 heavy (non-hydrogen) atoms. The van der Waals surface area contributed by atoms with E-state index in [1.165, 1.54) is 19.3 Å². The van der Waals surface area contributed by atoms with Gasteiger partial charge in [0, 0.05) is 19.3 Å². The Bertz CT molecular complexity index is 605. The molecule has 0 radical (unpaired) electrons. The van der Waals surface area contributed by atoms with Crippen molar-refractivity contribution in [1.29, 1.82) is 0 Å². The number of hydrogen-bond acceptors (Lipinski definition) is 4. The summed E-state index contributed by atoms with van der Waals surface area (Å²) >= 11 is 0. The molecule has 6 nitrogen and oxygen atoms in total. The Morgan fingerprint density at radius 3 is 2.68 bits per heavy atom. The van der Waals surface area contributed by atoms with Gasteiger partial charge in [-0.05, 0) is 45.8 Å². The first kappa shape index (κ1) is 16.0. The fourth-order valence-electron chi connectivity index (χ4n) is 3.42. The highest BCUT2D eigenvalue weighted by atomic mass is 32.2. The molecular formula is C15H26N4O2S. The number of piperidine rings is 1. The van der Waals surface area contributed by atoms with E-state index in [1.807, 2.05) is 10.7 Å². The van der Waals surface area contributed by atoms with E-state index in [0.717, 1.165) is 25.3 Å². The summed E-state index contributed by atoms with van der Waals surface area (Å²) in [7, 11) is -3.22. The molecule has 3 rings (SSSR count). The minimum Gasteiger partial charge on any atom is -0.301 e. The summed E-state index contributed by atoms with van der Waals surface area (Å²) in [4.78, 5) is 2.45. The van der Waals surface area contributed by atoms with Gasteiger partial charge in [0.25, 0.3) is 0 Å². The van der Waals surface area contributed by atoms with Crippen molar-refractivity contribution in [2.24, 2.45) is 0 Å². The first-order valence-electron chi connectivity index (χ1n) is 8.22. The number of likely N-dealkylation sites (tertiary alicyclic amines) is 1. The molecule has 2 aliphatic rings. The first-order valence-corrected chi connectivity index (χ1v) is 9.72. The molecule has 0 amide bonds. The third-order valence-corrected chi connectivity index (χ3v) is 6.91. The monoisotopic (exact) mass is 326 g/mol. The zero-order valence-electron chi connectivity index (χ0n) is 13.5. The standard InChI is InChI=1S/C15H26N4O2S/c1-13(2)22(20,21)18-11-14-6-7-16-19(14)15(12-18)10-17-8-4-3-5-9-17/h6-7,13,15H,3-5,8-12H2,1-2H3/t15-/m1/s1. The Labute approximate surface area is 133 Å². The van der Waals surface area contributed by atoms with Crippen molar-refractivity contribution >= 4 is 10.0 Å². The van der Waals surface area contributed by atoms with E-state index in [2.05, 4.69) is 10.00 Å². The van der Waals surface area contributed by atoms with Crippen LogP contribution in [-0.2, 0) is 16.6 Å². The molecule has 0 saturated carbocycles. The van der Waals surface area contributed by atoms with E-state index in [4.69, 9.17) is 0 Å². The summed E-state index contributed by atoms with van der Waals surface area (Å²) in [5.74, 6) is 0. The molecule has 3 heterocycles. The van der Waals surface area contributed by atoms with Crippen LogP contribution in [0.3, 0.4) is 0 Å². The van der Waals surface area contributed by atoms with Gasteiger partial charge in [-0.25, -0.2) is 8.42 Å². The largest absolute Gasteiger partial charge is 0.301 e. The normalized spacial score (nSPS) is 24.6. The topological polar surface area (TPSA) is 58.4 Å². The number of hydrogen-bond donors (Lipinski definition) is 0. The number of nitrogens with zero attached hydrogens (tertiary/aromatic N) is 4. The molecule has 1 saturated heterocycles. The maximum atomic E-state index is 12.5. The lowest BCUT2D eigenvalue weighted by atomic mass is 10.1. The van der Waals surface area contributed by atoms with E-state index in [1.54, 1.807) is 24.3 Å². The molecule has 124 valence electrons. The van der Waals surface area contributed by atoms with Crippen molar-refractivity contribution in [2.75, 3.05) is 26.2 Å². The van der Waals surface area contributed by atoms with Gasteiger partial charge in [-0.15, -0.1) is 0 Å². The minimum atomic E-state index is -3.22. The van der Waals surface area contributed by atoms with Crippen LogP contribution >= 0.6 is 0 Å². The molecule has 0 aliphatic carbocycles. The average molecular weight is 326 g/mol. The smallest absolute Gasteiger partial charge is 0.216 e. The van der Waals surface area contributed by atoms with Crippen molar-refractivity contribution < 1.29 is 8.42 Å². The predicted octanol–water partition coefficient (Wildman–Crippen LogP) is 1.46. The Balaban J connectivity index is 1.80. The van der Waals surface area contributed by atoms with Crippen molar-refractivity contribution in [3.05, 3.63) is 18.0 Å². The summed E-state index contributed by atoms with van der Waals surface area (Å²) < 4.78 is 28.7. The lowest BCUT2D eigenvalue weighted by Crippen LogP contribution is -2.47. The molecule has 0 unspecified atom stereocenters. The molecule has 0 bridgehead atoms. The van der Waals surface area contributed by atoms with Crippen LogP contribution in [0.15, 0.2) is 12.3 Å². The average Bonchev–Trinajstić information content (AvgIpc) is 2.96. The van der Waals surface area contributed by atoms with Crippen molar-refractivity contribution in [1.82, 2.24) is 19.0 Å². The summed E-state index contributed by atoms with van der Waals surface area (Å²) in [6.45, 7) is 7.59. The number of sulfonamides is 1. The highest BCUT2D eigenvalue weighted by Crippen LogP contribution is 2.26. The third-order valence-electron chi connectivity index (χ3n) is 4.72. The summed E-state index contributed by atoms with van der Waals surface area (Å²) in [5, 5.41) is 4.06. The molecule has 7 heteroatoms. The van der Waals surface area contributed by atoms with Gasteiger partial charge < -0.3 is 4.90 Å². The highest BCUT2D eigenvalue weighted by Gasteiger charge is 2.35. The second-order valence-electron chi connectivity index (χ2n) is 6.67. The van der Waals surface area contributed by atoms with Crippen LogP contribution in [0.4, 0.5) is 0 Å². The Kier molecular flexibility index (Phi) is 4.56. The van der Waals surface area contributed by atoms with Gasteiger partial charge in [0.05, 0.1) is 23.5 Å². The Morgan fingerprint density at radius 2 is 2.00 bits per heavy atom. The summed E-state index contributed by atoms with van der Waals surface area (Å²) in [6, 6.07) is 2.05. The fraction of sp³-hybridized carbons (Fsp3) is 0.800. The highest BCUT2D eigenvalue weighted by molar-refractivity contribution is 7.89. The van der Waals surface area contributed by atoms with E-state index in [9.17, 15) is 8.42 Å². The van der Waals surface area contributed by atoms with Gasteiger partial charge >= 0.3 is 0 Å². The minimum absolute atomic E-state index is 0.116. The summed E-state index contributed by atoms with van der Waals surface area (Å²) in [6.07, 6.45) is 5.57. The molecule has 0 N–H and O–H groups in total. The zero-order chi connectivity index (χ0) is 15.7. The van der Waals surface area contributed by atoms with Gasteiger partial charge in [-0.2, -0.15) is 9.40 Å². The van der Waals surface area contributed by atoms with Crippen molar-refractivity contribution in [2.45, 2.75) is 50.9 Å². The maximum Gasteiger partial charge on any atom is 0.216 e. The predicted molar refractivity (Wildman–Crippen MR) is 86.0 cm³/mol. The molecule has 1 aromatic rings. The maximum absolute atomic E-state index is 12.5. The quantitative estimate of drug-likeness (QED) is 0.840. The van der Waals surface area contributed by atoms with E-state index >= 15 is 0 Å². The van der Waals surface area contributed by atoms with E-state index < -0.39 is 10.0 Å². The molecule has 1 atom stereocenters. The molecule has 1 aromatic heterocycles. The van der Waals surface area contributed by atoms with Gasteiger partial charge in [-0.3, -0.25) is 4.68 Å². The van der Waals surface area contributed by atoms with Crippen LogP contribution in [0.25, 0.3) is 0 Å². The van der Waals surface area contributed by atoms with Crippen LogP contribution in [0, 0.1) is 0 Å². The zero-order valence-corrected chi connectivity index (χ0v) is 14.3. The van der Waals surface area contributed by atoms with Gasteiger partial charge in [0.2, 0.25) is 10.0 Å². The van der Waals surface area contributed by atoms with Gasteiger partial charge in [0.1, 0.15) is 0 Å². The van der Waals surface area contributed by atoms with Crippen LogP contribution in [0.2, 0.25) is 0 Å². The van der Waals surface area contributed by atoms with E-state index in [-0.39, 0.29) is 11.3 Å². The van der Waals surface area contributed by atoms with Crippen molar-refractivity contribution in [3.8, 4) is 0 Å². The number of aromatic nitrogens is 2. The van der Waals surface area contributed by atoms with Crippen molar-refractivity contribution in [3.63, 3.8) is 0 Å². The number of fused-ring (bicyclic) bond motifs is 1. The lowest BCUT2D eigenvalue weighted by molar-refractivity contribution is 0.160. The van der Waals surface area contributed by atoms with Crippen LogP contribution in [-0.4, -0.2) is 58.8 Å². The second kappa shape index (κ2) is 6.29. The molecular weight excluding hydrogens is 300 g/mol.